The molecule has 2 heterocycles. The molecule has 1 amide bonds. The van der Waals surface area contributed by atoms with Crippen LogP contribution in [-0.4, -0.2) is 22.1 Å². The van der Waals surface area contributed by atoms with E-state index < -0.39 is 12.4 Å². The van der Waals surface area contributed by atoms with Gasteiger partial charge in [-0.25, -0.2) is 9.78 Å². The maximum atomic E-state index is 12.6. The number of nitrogens with one attached hydrogen (secondary N) is 1. The van der Waals surface area contributed by atoms with Gasteiger partial charge in [0.25, 0.3) is 0 Å². The smallest absolute Gasteiger partial charge is 0.419 e. The van der Waals surface area contributed by atoms with E-state index in [0.717, 1.165) is 11.3 Å². The maximum absolute atomic E-state index is 12.6. The maximum Gasteiger partial charge on any atom is 0.419 e. The Bertz CT molecular complexity index is 1250. The summed E-state index contributed by atoms with van der Waals surface area (Å²) < 4.78 is 36.2. The van der Waals surface area contributed by atoms with Gasteiger partial charge in [0.05, 0.1) is 11.2 Å². The first-order valence-electron chi connectivity index (χ1n) is 8.89. The molecule has 0 spiro atoms. The third kappa shape index (κ3) is 4.23. The predicted molar refractivity (Wildman–Crippen MR) is 108 cm³/mol. The molecule has 0 aliphatic heterocycles. The predicted octanol–water partition coefficient (Wildman–Crippen LogP) is 4.35. The minimum atomic E-state index is -2.95. The molecule has 1 N–H and O–H groups in total. The molecule has 0 bridgehead atoms. The fourth-order valence-electron chi connectivity index (χ4n) is 2.95. The van der Waals surface area contributed by atoms with Crippen molar-refractivity contribution >= 4 is 33.5 Å². The topological polar surface area (TPSA) is 86.4 Å². The van der Waals surface area contributed by atoms with Crippen molar-refractivity contribution in [3.8, 4) is 17.0 Å². The Balaban J connectivity index is 1.44. The lowest BCUT2D eigenvalue weighted by Gasteiger charge is -2.08. The van der Waals surface area contributed by atoms with Gasteiger partial charge in [0.2, 0.25) is 5.91 Å². The minimum Gasteiger partial charge on any atom is -0.434 e. The SMILES string of the molecule is O=C(CCn1c(=O)oc2ccccc21)Nc1nc(-c2ccccc2OC(F)F)cs1. The number of oxazole rings is 1. The number of hydrogen-bond acceptors (Lipinski definition) is 6. The molecule has 2 aromatic heterocycles. The minimum absolute atomic E-state index is 0.00175. The standard InChI is InChI=1S/C20H15F2N3O4S/c21-18(22)28-15-7-3-1-5-12(15)13-11-30-19(23-13)24-17(26)9-10-25-14-6-2-4-8-16(14)29-20(25)27/h1-8,11,18H,9-10H2,(H,23,24,26). The van der Waals surface area contributed by atoms with Crippen LogP contribution in [-0.2, 0) is 11.3 Å². The average molecular weight is 431 g/mol. The van der Waals surface area contributed by atoms with Gasteiger partial charge >= 0.3 is 12.4 Å². The van der Waals surface area contributed by atoms with Crippen molar-refractivity contribution in [1.29, 1.82) is 0 Å². The highest BCUT2D eigenvalue weighted by atomic mass is 32.1. The van der Waals surface area contributed by atoms with Crippen molar-refractivity contribution in [2.24, 2.45) is 0 Å². The van der Waals surface area contributed by atoms with Crippen LogP contribution in [0.3, 0.4) is 0 Å². The van der Waals surface area contributed by atoms with E-state index in [2.05, 4.69) is 15.0 Å². The van der Waals surface area contributed by atoms with E-state index in [1.807, 2.05) is 0 Å². The van der Waals surface area contributed by atoms with E-state index in [9.17, 15) is 18.4 Å². The number of fused-ring (bicyclic) bond motifs is 1. The van der Waals surface area contributed by atoms with E-state index in [1.54, 1.807) is 47.8 Å². The summed E-state index contributed by atoms with van der Waals surface area (Å²) in [5, 5.41) is 4.60. The summed E-state index contributed by atoms with van der Waals surface area (Å²) in [5.41, 5.74) is 1.87. The van der Waals surface area contributed by atoms with Crippen LogP contribution in [0.5, 0.6) is 5.75 Å². The lowest BCUT2D eigenvalue weighted by atomic mass is 10.1. The van der Waals surface area contributed by atoms with Gasteiger partial charge in [-0.15, -0.1) is 11.3 Å². The Morgan fingerprint density at radius 1 is 1.20 bits per heavy atom. The number of anilines is 1. The highest BCUT2D eigenvalue weighted by Gasteiger charge is 2.15. The molecule has 0 aliphatic rings. The van der Waals surface area contributed by atoms with Gasteiger partial charge in [-0.1, -0.05) is 24.3 Å². The summed E-state index contributed by atoms with van der Waals surface area (Å²) in [5.74, 6) is -0.872. The lowest BCUT2D eigenvalue weighted by Crippen LogP contribution is -2.19. The van der Waals surface area contributed by atoms with Crippen LogP contribution >= 0.6 is 11.3 Å². The van der Waals surface area contributed by atoms with Gasteiger partial charge in [-0.3, -0.25) is 9.36 Å². The molecule has 10 heteroatoms. The summed E-state index contributed by atoms with van der Waals surface area (Å²) in [6, 6.07) is 13.2. The normalized spacial score (nSPS) is 11.2. The number of aromatic nitrogens is 2. The zero-order valence-electron chi connectivity index (χ0n) is 15.4. The first-order valence-corrected chi connectivity index (χ1v) is 9.77. The molecule has 154 valence electrons. The molecule has 4 rings (SSSR count). The van der Waals surface area contributed by atoms with E-state index in [1.165, 1.54) is 10.6 Å². The molecule has 0 aliphatic carbocycles. The zero-order valence-corrected chi connectivity index (χ0v) is 16.2. The number of carbonyl (C=O) groups excluding carboxylic acids is 1. The van der Waals surface area contributed by atoms with Gasteiger partial charge in [0.1, 0.15) is 5.75 Å². The van der Waals surface area contributed by atoms with E-state index >= 15 is 0 Å². The molecule has 2 aromatic carbocycles. The Morgan fingerprint density at radius 3 is 2.80 bits per heavy atom. The summed E-state index contributed by atoms with van der Waals surface area (Å²) in [6.45, 7) is -2.81. The summed E-state index contributed by atoms with van der Waals surface area (Å²) in [7, 11) is 0. The van der Waals surface area contributed by atoms with Crippen molar-refractivity contribution in [1.82, 2.24) is 9.55 Å². The molecule has 7 nitrogen and oxygen atoms in total. The summed E-state index contributed by atoms with van der Waals surface area (Å²) in [6.07, 6.45) is 0.0312. The van der Waals surface area contributed by atoms with Crippen molar-refractivity contribution in [3.63, 3.8) is 0 Å². The van der Waals surface area contributed by atoms with Crippen molar-refractivity contribution in [2.75, 3.05) is 5.32 Å². The van der Waals surface area contributed by atoms with Crippen molar-refractivity contribution in [2.45, 2.75) is 19.6 Å². The first-order chi connectivity index (χ1) is 14.5. The van der Waals surface area contributed by atoms with Crippen LogP contribution in [0.2, 0.25) is 0 Å². The van der Waals surface area contributed by atoms with E-state index in [0.29, 0.717) is 27.5 Å². The molecule has 0 atom stereocenters. The monoisotopic (exact) mass is 431 g/mol. The fraction of sp³-hybridized carbons (Fsp3) is 0.150. The number of nitrogens with zero attached hydrogens (tertiary/aromatic N) is 2. The Hall–Kier alpha value is -3.53. The zero-order chi connectivity index (χ0) is 21.1. The molecule has 0 unspecified atom stereocenters. The number of alkyl halides is 2. The second kappa shape index (κ2) is 8.46. The molecular formula is C20H15F2N3O4S. The molecule has 0 radical (unpaired) electrons. The fourth-order valence-corrected chi connectivity index (χ4v) is 3.68. The number of ether oxygens (including phenoxy) is 1. The molecule has 0 saturated heterocycles. The second-order valence-corrected chi connectivity index (χ2v) is 7.06. The number of para-hydroxylation sites is 3. The average Bonchev–Trinajstić information content (AvgIpc) is 3.30. The van der Waals surface area contributed by atoms with E-state index in [-0.39, 0.29) is 24.6 Å². The molecule has 30 heavy (non-hydrogen) atoms. The number of benzene rings is 2. The summed E-state index contributed by atoms with van der Waals surface area (Å²) >= 11 is 1.16. The van der Waals surface area contributed by atoms with Crippen LogP contribution in [0.1, 0.15) is 6.42 Å². The highest BCUT2D eigenvalue weighted by molar-refractivity contribution is 7.14. The number of hydrogen-bond donors (Lipinski definition) is 1. The molecule has 0 fully saturated rings. The number of rotatable bonds is 7. The van der Waals surface area contributed by atoms with Crippen LogP contribution in [0.15, 0.2) is 63.1 Å². The number of amides is 1. The molecule has 0 saturated carbocycles. The molecule has 4 aromatic rings. The van der Waals surface area contributed by atoms with Crippen molar-refractivity contribution in [3.05, 3.63) is 64.5 Å². The van der Waals surface area contributed by atoms with Gasteiger partial charge in [0.15, 0.2) is 10.7 Å². The van der Waals surface area contributed by atoms with Gasteiger partial charge in [0, 0.05) is 23.9 Å². The van der Waals surface area contributed by atoms with Gasteiger partial charge in [-0.2, -0.15) is 8.78 Å². The first kappa shape index (κ1) is 19.8. The van der Waals surface area contributed by atoms with Crippen LogP contribution in [0.25, 0.3) is 22.4 Å². The quantitative estimate of drug-likeness (QED) is 0.470. The number of aryl methyl sites for hydroxylation is 1. The third-order valence-electron chi connectivity index (χ3n) is 4.27. The second-order valence-electron chi connectivity index (χ2n) is 6.20. The number of thiazole rings is 1. The summed E-state index contributed by atoms with van der Waals surface area (Å²) in [4.78, 5) is 28.5. The van der Waals surface area contributed by atoms with Gasteiger partial charge < -0.3 is 14.5 Å². The van der Waals surface area contributed by atoms with Crippen LogP contribution < -0.4 is 15.8 Å². The Kier molecular flexibility index (Phi) is 5.57. The van der Waals surface area contributed by atoms with E-state index in [4.69, 9.17) is 4.42 Å². The largest absolute Gasteiger partial charge is 0.434 e. The van der Waals surface area contributed by atoms with Crippen molar-refractivity contribution < 1.29 is 22.7 Å². The van der Waals surface area contributed by atoms with Crippen LogP contribution in [0.4, 0.5) is 13.9 Å². The Labute approximate surface area is 172 Å². The molecular weight excluding hydrogens is 416 g/mol. The third-order valence-corrected chi connectivity index (χ3v) is 5.02. The Morgan fingerprint density at radius 2 is 1.97 bits per heavy atom. The van der Waals surface area contributed by atoms with Crippen LogP contribution in [0, 0.1) is 0 Å². The highest BCUT2D eigenvalue weighted by Crippen LogP contribution is 2.33. The number of halogens is 2. The lowest BCUT2D eigenvalue weighted by molar-refractivity contribution is -0.116. The number of carbonyl (C=O) groups is 1. The van der Waals surface area contributed by atoms with Gasteiger partial charge in [-0.05, 0) is 24.3 Å².